The Kier molecular flexibility index (Phi) is 7.76. The maximum absolute atomic E-state index is 13.2. The number of benzene rings is 1. The van der Waals surface area contributed by atoms with E-state index in [-0.39, 0.29) is 12.6 Å². The molecule has 0 aliphatic carbocycles. The van der Waals surface area contributed by atoms with Gasteiger partial charge in [0, 0.05) is 18.3 Å². The molecule has 0 amide bonds. The highest BCUT2D eigenvalue weighted by molar-refractivity contribution is 5.17. The molecular weight excluding hydrogens is 354 g/mol. The summed E-state index contributed by atoms with van der Waals surface area (Å²) in [6.45, 7) is 4.69. The number of halogens is 2. The molecule has 0 atom stereocenters. The van der Waals surface area contributed by atoms with Crippen molar-refractivity contribution in [2.45, 2.75) is 45.2 Å². The van der Waals surface area contributed by atoms with Gasteiger partial charge in [-0.3, -0.25) is 0 Å². The maximum Gasteiger partial charge on any atom is 0.159 e. The van der Waals surface area contributed by atoms with Gasteiger partial charge in [-0.05, 0) is 43.9 Å². The van der Waals surface area contributed by atoms with E-state index in [4.69, 9.17) is 18.9 Å². The van der Waals surface area contributed by atoms with Crippen molar-refractivity contribution in [2.75, 3.05) is 26.4 Å². The topological polar surface area (TPSA) is 36.9 Å². The fourth-order valence-corrected chi connectivity index (χ4v) is 3.38. The van der Waals surface area contributed by atoms with E-state index in [9.17, 15) is 8.78 Å². The smallest absolute Gasteiger partial charge is 0.159 e. The SMILES string of the molecule is C/C=C/[C@H]1CO[C@H](CC[C@H]2CO[C@H](CCc3ccc(F)c(F)c3)OC2)OC1. The van der Waals surface area contributed by atoms with Gasteiger partial charge in [-0.2, -0.15) is 0 Å². The fourth-order valence-electron chi connectivity index (χ4n) is 3.38. The first kappa shape index (κ1) is 20.4. The molecule has 0 saturated carbocycles. The molecule has 150 valence electrons. The van der Waals surface area contributed by atoms with E-state index in [0.717, 1.165) is 24.5 Å². The summed E-state index contributed by atoms with van der Waals surface area (Å²) in [5, 5.41) is 0. The van der Waals surface area contributed by atoms with Crippen LogP contribution in [0.3, 0.4) is 0 Å². The second kappa shape index (κ2) is 10.3. The zero-order valence-corrected chi connectivity index (χ0v) is 15.7. The van der Waals surface area contributed by atoms with E-state index >= 15 is 0 Å². The van der Waals surface area contributed by atoms with Crippen molar-refractivity contribution in [1.29, 1.82) is 0 Å². The third kappa shape index (κ3) is 6.35. The summed E-state index contributed by atoms with van der Waals surface area (Å²) in [6, 6.07) is 3.97. The first-order valence-corrected chi connectivity index (χ1v) is 9.67. The predicted molar refractivity (Wildman–Crippen MR) is 97.1 cm³/mol. The van der Waals surface area contributed by atoms with Crippen LogP contribution in [0.2, 0.25) is 0 Å². The number of allylic oxidation sites excluding steroid dienone is 1. The van der Waals surface area contributed by atoms with Crippen LogP contribution in [-0.2, 0) is 25.4 Å². The minimum absolute atomic E-state index is 0.141. The Morgan fingerprint density at radius 2 is 1.56 bits per heavy atom. The van der Waals surface area contributed by atoms with Crippen molar-refractivity contribution in [1.82, 2.24) is 0 Å². The van der Waals surface area contributed by atoms with Gasteiger partial charge in [-0.25, -0.2) is 8.78 Å². The third-order valence-corrected chi connectivity index (χ3v) is 4.96. The zero-order valence-electron chi connectivity index (χ0n) is 15.7. The molecule has 0 spiro atoms. The summed E-state index contributed by atoms with van der Waals surface area (Å²) >= 11 is 0. The highest BCUT2D eigenvalue weighted by Gasteiger charge is 2.25. The Hall–Kier alpha value is -1.34. The van der Waals surface area contributed by atoms with E-state index in [0.29, 0.717) is 51.1 Å². The van der Waals surface area contributed by atoms with Crippen LogP contribution in [0.25, 0.3) is 0 Å². The quantitative estimate of drug-likeness (QED) is 0.662. The molecule has 0 bridgehead atoms. The number of aryl methyl sites for hydroxylation is 1. The molecule has 3 rings (SSSR count). The van der Waals surface area contributed by atoms with E-state index in [1.165, 1.54) is 6.07 Å². The Labute approximate surface area is 159 Å². The van der Waals surface area contributed by atoms with Gasteiger partial charge in [0.15, 0.2) is 24.2 Å². The van der Waals surface area contributed by atoms with Crippen LogP contribution in [0.15, 0.2) is 30.4 Å². The summed E-state index contributed by atoms with van der Waals surface area (Å²) in [6.07, 6.45) is 6.67. The predicted octanol–water partition coefficient (Wildman–Crippen LogP) is 4.23. The zero-order chi connectivity index (χ0) is 19.1. The third-order valence-electron chi connectivity index (χ3n) is 4.96. The molecule has 4 nitrogen and oxygen atoms in total. The molecule has 2 fully saturated rings. The van der Waals surface area contributed by atoms with Gasteiger partial charge in [0.25, 0.3) is 0 Å². The molecule has 1 aromatic rings. The van der Waals surface area contributed by atoms with Gasteiger partial charge in [-0.1, -0.05) is 18.2 Å². The van der Waals surface area contributed by atoms with Gasteiger partial charge >= 0.3 is 0 Å². The average molecular weight is 382 g/mol. The fraction of sp³-hybridized carbons (Fsp3) is 0.619. The Morgan fingerprint density at radius 3 is 2.22 bits per heavy atom. The Morgan fingerprint density at radius 1 is 0.889 bits per heavy atom. The second-order valence-electron chi connectivity index (χ2n) is 7.21. The molecule has 0 unspecified atom stereocenters. The highest BCUT2D eigenvalue weighted by atomic mass is 19.2. The first-order chi connectivity index (χ1) is 13.1. The van der Waals surface area contributed by atoms with Crippen molar-refractivity contribution < 1.29 is 27.7 Å². The van der Waals surface area contributed by atoms with Crippen LogP contribution in [0.4, 0.5) is 8.78 Å². The second-order valence-corrected chi connectivity index (χ2v) is 7.21. The van der Waals surface area contributed by atoms with E-state index < -0.39 is 11.6 Å². The average Bonchev–Trinajstić information content (AvgIpc) is 2.69. The van der Waals surface area contributed by atoms with Crippen molar-refractivity contribution in [2.24, 2.45) is 11.8 Å². The van der Waals surface area contributed by atoms with Gasteiger partial charge < -0.3 is 18.9 Å². The minimum atomic E-state index is -0.824. The highest BCUT2D eigenvalue weighted by Crippen LogP contribution is 2.23. The molecule has 2 saturated heterocycles. The summed E-state index contributed by atoms with van der Waals surface area (Å²) in [5.74, 6) is -0.967. The molecule has 6 heteroatoms. The lowest BCUT2D eigenvalue weighted by atomic mass is 10.0. The van der Waals surface area contributed by atoms with Crippen LogP contribution in [0.1, 0.15) is 31.7 Å². The van der Waals surface area contributed by atoms with E-state index in [1.807, 2.05) is 13.0 Å². The largest absolute Gasteiger partial charge is 0.352 e. The summed E-state index contributed by atoms with van der Waals surface area (Å²) < 4.78 is 49.2. The standard InChI is InChI=1S/C21H28F2O4/c1-2-3-16-11-24-21(25-12-16)9-6-17-13-26-20(27-14-17)8-5-15-4-7-18(22)19(23)10-15/h2-4,7,10,16-17,20-21H,5-6,8-9,11-14H2,1H3/b3-2+/t16-,17-,20-,21-. The molecule has 2 aliphatic rings. The van der Waals surface area contributed by atoms with Crippen molar-refractivity contribution >= 4 is 0 Å². The molecule has 27 heavy (non-hydrogen) atoms. The Balaban J connectivity index is 1.30. The molecular formula is C21H28F2O4. The first-order valence-electron chi connectivity index (χ1n) is 9.67. The van der Waals surface area contributed by atoms with Gasteiger partial charge in [-0.15, -0.1) is 0 Å². The van der Waals surface area contributed by atoms with Crippen molar-refractivity contribution in [3.05, 3.63) is 47.5 Å². The maximum atomic E-state index is 13.2. The molecule has 2 heterocycles. The minimum Gasteiger partial charge on any atom is -0.352 e. The number of hydrogen-bond acceptors (Lipinski definition) is 4. The van der Waals surface area contributed by atoms with Crippen LogP contribution in [-0.4, -0.2) is 39.0 Å². The molecule has 2 aliphatic heterocycles. The monoisotopic (exact) mass is 382 g/mol. The van der Waals surface area contributed by atoms with E-state index in [2.05, 4.69) is 6.08 Å². The molecule has 0 radical (unpaired) electrons. The van der Waals surface area contributed by atoms with Crippen LogP contribution in [0.5, 0.6) is 0 Å². The lowest BCUT2D eigenvalue weighted by Gasteiger charge is -2.32. The van der Waals surface area contributed by atoms with Gasteiger partial charge in [0.1, 0.15) is 0 Å². The molecule has 0 N–H and O–H groups in total. The van der Waals surface area contributed by atoms with Crippen molar-refractivity contribution in [3.8, 4) is 0 Å². The molecule has 1 aromatic carbocycles. The number of hydrogen-bond donors (Lipinski definition) is 0. The summed E-state index contributed by atoms with van der Waals surface area (Å²) in [7, 11) is 0. The summed E-state index contributed by atoms with van der Waals surface area (Å²) in [5.41, 5.74) is 0.742. The summed E-state index contributed by atoms with van der Waals surface area (Å²) in [4.78, 5) is 0. The van der Waals surface area contributed by atoms with Crippen LogP contribution >= 0.6 is 0 Å². The van der Waals surface area contributed by atoms with Gasteiger partial charge in [0.2, 0.25) is 0 Å². The number of rotatable bonds is 7. The molecule has 0 aromatic heterocycles. The van der Waals surface area contributed by atoms with Crippen LogP contribution in [0, 0.1) is 23.5 Å². The Bertz CT molecular complexity index is 606. The normalized spacial score (nSPS) is 29.3. The lowest BCUT2D eigenvalue weighted by molar-refractivity contribution is -0.215. The van der Waals surface area contributed by atoms with Crippen LogP contribution < -0.4 is 0 Å². The van der Waals surface area contributed by atoms with E-state index in [1.54, 1.807) is 6.07 Å². The van der Waals surface area contributed by atoms with Gasteiger partial charge in [0.05, 0.1) is 26.4 Å². The number of ether oxygens (including phenoxy) is 4. The lowest BCUT2D eigenvalue weighted by Crippen LogP contribution is -2.35. The van der Waals surface area contributed by atoms with Crippen molar-refractivity contribution in [3.63, 3.8) is 0 Å².